The molecule has 0 atom stereocenters. The Morgan fingerprint density at radius 1 is 1.27 bits per heavy atom. The van der Waals surface area contributed by atoms with E-state index in [0.29, 0.717) is 0 Å². The fourth-order valence-electron chi connectivity index (χ4n) is 3.01. The number of nitrogens with zero attached hydrogens (tertiary/aromatic N) is 3. The van der Waals surface area contributed by atoms with Crippen molar-refractivity contribution in [3.05, 3.63) is 54.0 Å². The molecule has 3 N–H and O–H groups in total. The number of H-pyrrole nitrogens is 1. The molecule has 0 saturated carbocycles. The Labute approximate surface area is 154 Å². The van der Waals surface area contributed by atoms with E-state index in [2.05, 4.69) is 76.2 Å². The summed E-state index contributed by atoms with van der Waals surface area (Å²) in [4.78, 5) is 7.99. The lowest BCUT2D eigenvalue weighted by Gasteiger charge is -2.11. The molecule has 0 aliphatic rings. The average molecular weight is 352 g/mol. The third-order valence-electron chi connectivity index (χ3n) is 4.28. The molecule has 0 radical (unpaired) electrons. The van der Waals surface area contributed by atoms with Crippen molar-refractivity contribution < 1.29 is 0 Å². The third-order valence-corrected chi connectivity index (χ3v) is 4.28. The zero-order chi connectivity index (χ0) is 18.2. The van der Waals surface area contributed by atoms with Crippen molar-refractivity contribution in [1.29, 1.82) is 0 Å². The second-order valence-corrected chi connectivity index (χ2v) is 6.43. The van der Waals surface area contributed by atoms with Gasteiger partial charge in [0.05, 0.1) is 6.20 Å². The van der Waals surface area contributed by atoms with E-state index >= 15 is 0 Å². The van der Waals surface area contributed by atoms with Crippen molar-refractivity contribution in [2.24, 2.45) is 4.99 Å². The van der Waals surface area contributed by atoms with Gasteiger partial charge in [-0.2, -0.15) is 5.10 Å². The second-order valence-electron chi connectivity index (χ2n) is 6.43. The van der Waals surface area contributed by atoms with Gasteiger partial charge in [0, 0.05) is 49.5 Å². The van der Waals surface area contributed by atoms with E-state index in [1.165, 1.54) is 22.0 Å². The third kappa shape index (κ3) is 4.88. The first-order valence-corrected chi connectivity index (χ1v) is 9.32. The molecule has 0 unspecified atom stereocenters. The Hall–Kier alpha value is -2.76. The molecule has 0 spiro atoms. The lowest BCUT2D eigenvalue weighted by Crippen LogP contribution is -2.38. The van der Waals surface area contributed by atoms with Crippen LogP contribution in [0.15, 0.2) is 47.8 Å². The van der Waals surface area contributed by atoms with E-state index in [0.717, 1.165) is 45.0 Å². The molecule has 3 rings (SSSR count). The molecule has 0 saturated heterocycles. The van der Waals surface area contributed by atoms with Gasteiger partial charge >= 0.3 is 0 Å². The molecule has 2 heterocycles. The van der Waals surface area contributed by atoms with Crippen LogP contribution in [-0.2, 0) is 13.0 Å². The van der Waals surface area contributed by atoms with Crippen LogP contribution in [0.4, 0.5) is 0 Å². The molecule has 0 amide bonds. The van der Waals surface area contributed by atoms with Gasteiger partial charge in [0.2, 0.25) is 0 Å². The number of aromatic nitrogens is 3. The van der Waals surface area contributed by atoms with Crippen LogP contribution in [-0.4, -0.2) is 40.4 Å². The molecule has 0 bridgehead atoms. The molecule has 0 aliphatic heterocycles. The predicted octanol–water partition coefficient (Wildman–Crippen LogP) is 2.86. The maximum absolute atomic E-state index is 4.66. The molecular formula is C20H28N6. The highest BCUT2D eigenvalue weighted by Crippen LogP contribution is 2.17. The molecule has 1 aromatic carbocycles. The van der Waals surface area contributed by atoms with E-state index < -0.39 is 0 Å². The fourth-order valence-corrected chi connectivity index (χ4v) is 3.01. The number of rotatable bonds is 8. The van der Waals surface area contributed by atoms with Crippen molar-refractivity contribution >= 4 is 16.9 Å². The highest BCUT2D eigenvalue weighted by atomic mass is 15.3. The summed E-state index contributed by atoms with van der Waals surface area (Å²) < 4.78 is 1.97. The number of nitrogens with one attached hydrogen (secondary N) is 3. The zero-order valence-electron chi connectivity index (χ0n) is 15.6. The van der Waals surface area contributed by atoms with Gasteiger partial charge in [-0.1, -0.05) is 18.2 Å². The topological polar surface area (TPSA) is 70.0 Å². The fraction of sp³-hybridized carbons (Fsp3) is 0.400. The number of hydrogen-bond donors (Lipinski definition) is 3. The summed E-state index contributed by atoms with van der Waals surface area (Å²) in [6.07, 6.45) is 7.98. The molecule has 0 fully saturated rings. The molecule has 6 heteroatoms. The monoisotopic (exact) mass is 352 g/mol. The van der Waals surface area contributed by atoms with Crippen LogP contribution in [0.2, 0.25) is 0 Å². The minimum atomic E-state index is 0.779. The maximum atomic E-state index is 4.66. The van der Waals surface area contributed by atoms with E-state index in [1.807, 2.05) is 10.9 Å². The van der Waals surface area contributed by atoms with Gasteiger partial charge in [-0.3, -0.25) is 9.67 Å². The molecule has 0 aliphatic carbocycles. The van der Waals surface area contributed by atoms with Crippen molar-refractivity contribution in [2.45, 2.75) is 33.2 Å². The Morgan fingerprint density at radius 2 is 2.15 bits per heavy atom. The summed E-state index contributed by atoms with van der Waals surface area (Å²) in [5.74, 6) is 0.879. The number of fused-ring (bicyclic) bond motifs is 1. The number of aliphatic imine (C=N–C) groups is 1. The van der Waals surface area contributed by atoms with E-state index in [1.54, 1.807) is 0 Å². The molecule has 3 aromatic rings. The summed E-state index contributed by atoms with van der Waals surface area (Å²) in [6.45, 7) is 7.53. The predicted molar refractivity (Wildman–Crippen MR) is 108 cm³/mol. The highest BCUT2D eigenvalue weighted by Gasteiger charge is 2.03. The van der Waals surface area contributed by atoms with E-state index in [-0.39, 0.29) is 0 Å². The van der Waals surface area contributed by atoms with Crippen LogP contribution >= 0.6 is 0 Å². The number of hydrogen-bond acceptors (Lipinski definition) is 2. The Balaban J connectivity index is 1.46. The number of benzene rings is 1. The molecule has 6 nitrogen and oxygen atoms in total. The van der Waals surface area contributed by atoms with Crippen LogP contribution in [0.25, 0.3) is 10.9 Å². The molecule has 26 heavy (non-hydrogen) atoms. The van der Waals surface area contributed by atoms with E-state index in [9.17, 15) is 0 Å². The Kier molecular flexibility index (Phi) is 6.30. The van der Waals surface area contributed by atoms with Crippen LogP contribution in [0.5, 0.6) is 0 Å². The average Bonchev–Trinajstić information content (AvgIpc) is 3.25. The maximum Gasteiger partial charge on any atom is 0.191 e. The highest BCUT2D eigenvalue weighted by molar-refractivity contribution is 5.83. The van der Waals surface area contributed by atoms with Gasteiger partial charge in [0.1, 0.15) is 0 Å². The van der Waals surface area contributed by atoms with Crippen LogP contribution in [0, 0.1) is 6.92 Å². The standard InChI is InChI=1S/C20H28N6/c1-3-21-20(22-10-6-12-26-15-16(2)13-25-26)23-11-9-17-14-24-19-8-5-4-7-18(17)19/h4-5,7-8,13-15,24H,3,6,9-12H2,1-2H3,(H2,21,22,23). The van der Waals surface area contributed by atoms with Gasteiger partial charge in [-0.25, -0.2) is 0 Å². The Bertz CT molecular complexity index is 845. The number of aryl methyl sites for hydroxylation is 2. The number of guanidine groups is 1. The number of aromatic amines is 1. The van der Waals surface area contributed by atoms with Gasteiger partial charge in [-0.15, -0.1) is 0 Å². The lowest BCUT2D eigenvalue weighted by atomic mass is 10.1. The first kappa shape index (κ1) is 18.0. The minimum Gasteiger partial charge on any atom is -0.361 e. The quantitative estimate of drug-likeness (QED) is 0.332. The summed E-state index contributed by atoms with van der Waals surface area (Å²) in [6, 6.07) is 8.41. The van der Waals surface area contributed by atoms with Gasteiger partial charge in [0.25, 0.3) is 0 Å². The van der Waals surface area contributed by atoms with Gasteiger partial charge < -0.3 is 15.6 Å². The smallest absolute Gasteiger partial charge is 0.191 e. The summed E-state index contributed by atoms with van der Waals surface area (Å²) in [7, 11) is 0. The van der Waals surface area contributed by atoms with Crippen molar-refractivity contribution in [2.75, 3.05) is 19.6 Å². The first-order chi connectivity index (χ1) is 12.8. The van der Waals surface area contributed by atoms with Crippen LogP contribution in [0.3, 0.4) is 0 Å². The Morgan fingerprint density at radius 3 is 2.96 bits per heavy atom. The molecular weight excluding hydrogens is 324 g/mol. The molecule has 2 aromatic heterocycles. The van der Waals surface area contributed by atoms with E-state index in [4.69, 9.17) is 0 Å². The normalized spacial score (nSPS) is 11.8. The van der Waals surface area contributed by atoms with Crippen LogP contribution in [0.1, 0.15) is 24.5 Å². The summed E-state index contributed by atoms with van der Waals surface area (Å²) in [5, 5.41) is 12.3. The lowest BCUT2D eigenvalue weighted by molar-refractivity contribution is 0.583. The van der Waals surface area contributed by atoms with Crippen LogP contribution < -0.4 is 10.6 Å². The largest absolute Gasteiger partial charge is 0.361 e. The van der Waals surface area contributed by atoms with Crippen molar-refractivity contribution in [3.63, 3.8) is 0 Å². The second kappa shape index (κ2) is 9.08. The van der Waals surface area contributed by atoms with Crippen molar-refractivity contribution in [3.8, 4) is 0 Å². The minimum absolute atomic E-state index is 0.779. The SMILES string of the molecule is CCNC(=NCCCn1cc(C)cn1)NCCc1c[nH]c2ccccc12. The van der Waals surface area contributed by atoms with Crippen molar-refractivity contribution in [1.82, 2.24) is 25.4 Å². The number of para-hydroxylation sites is 1. The van der Waals surface area contributed by atoms with Gasteiger partial charge in [0.15, 0.2) is 5.96 Å². The zero-order valence-corrected chi connectivity index (χ0v) is 15.6. The first-order valence-electron chi connectivity index (χ1n) is 9.32. The molecule has 138 valence electrons. The summed E-state index contributed by atoms with van der Waals surface area (Å²) >= 11 is 0. The summed E-state index contributed by atoms with van der Waals surface area (Å²) in [5.41, 5.74) is 3.72. The van der Waals surface area contributed by atoms with Gasteiger partial charge in [-0.05, 0) is 43.9 Å².